The van der Waals surface area contributed by atoms with E-state index in [4.69, 9.17) is 5.73 Å². The van der Waals surface area contributed by atoms with Gasteiger partial charge in [-0.3, -0.25) is 4.72 Å². The lowest BCUT2D eigenvalue weighted by atomic mass is 10.0. The minimum Gasteiger partial charge on any atom is -0.320 e. The Bertz CT molecular complexity index is 611. The summed E-state index contributed by atoms with van der Waals surface area (Å²) in [5.74, 6) is 5.80. The van der Waals surface area contributed by atoms with Crippen molar-refractivity contribution in [1.29, 1.82) is 0 Å². The maximum Gasteiger partial charge on any atom is 0.236 e. The normalized spacial score (nSPS) is 16.2. The lowest BCUT2D eigenvalue weighted by molar-refractivity contribution is 0.486. The monoisotopic (exact) mass is 293 g/mol. The number of nitrogens with zero attached hydrogens (tertiary/aromatic N) is 1. The van der Waals surface area contributed by atoms with E-state index >= 15 is 0 Å². The minimum atomic E-state index is -3.36. The first-order chi connectivity index (χ1) is 9.62. The molecule has 0 unspecified atom stereocenters. The van der Waals surface area contributed by atoms with Gasteiger partial charge < -0.3 is 5.73 Å². The fourth-order valence-electron chi connectivity index (χ4n) is 2.31. The van der Waals surface area contributed by atoms with Crippen molar-refractivity contribution in [2.75, 3.05) is 11.3 Å². The number of hydrogen-bond donors (Lipinski definition) is 2. The molecule has 0 bridgehead atoms. The average Bonchev–Trinajstić information content (AvgIpc) is 2.46. The Morgan fingerprint density at radius 3 is 2.75 bits per heavy atom. The van der Waals surface area contributed by atoms with Crippen LogP contribution in [0, 0.1) is 11.8 Å². The predicted molar refractivity (Wildman–Crippen MR) is 79.6 cm³/mol. The highest BCUT2D eigenvalue weighted by Gasteiger charge is 2.27. The molecule has 0 aromatic carbocycles. The molecule has 1 aliphatic carbocycles. The Morgan fingerprint density at radius 2 is 2.05 bits per heavy atom. The molecule has 0 atom stereocenters. The fraction of sp³-hybridized carbons (Fsp3) is 0.500. The third kappa shape index (κ3) is 3.95. The molecular weight excluding hydrogens is 274 g/mol. The van der Waals surface area contributed by atoms with Crippen molar-refractivity contribution < 1.29 is 8.42 Å². The van der Waals surface area contributed by atoms with Gasteiger partial charge in [0.25, 0.3) is 0 Å². The molecular formula is C14H19N3O2S. The molecule has 0 aliphatic heterocycles. The summed E-state index contributed by atoms with van der Waals surface area (Å²) >= 11 is 0. The van der Waals surface area contributed by atoms with Crippen molar-refractivity contribution in [2.24, 2.45) is 5.73 Å². The Hall–Kier alpha value is -1.58. The smallest absolute Gasteiger partial charge is 0.236 e. The largest absolute Gasteiger partial charge is 0.320 e. The van der Waals surface area contributed by atoms with Gasteiger partial charge in [-0.25, -0.2) is 13.4 Å². The van der Waals surface area contributed by atoms with E-state index in [1.54, 1.807) is 18.2 Å². The van der Waals surface area contributed by atoms with Gasteiger partial charge in [-0.2, -0.15) is 0 Å². The number of nitrogens with one attached hydrogen (secondary N) is 1. The molecule has 1 heterocycles. The Kier molecular flexibility index (Phi) is 4.99. The van der Waals surface area contributed by atoms with E-state index in [0.29, 0.717) is 11.5 Å². The second-order valence-corrected chi connectivity index (χ2v) is 6.78. The number of hydrogen-bond acceptors (Lipinski definition) is 4. The molecule has 1 aromatic heterocycles. The summed E-state index contributed by atoms with van der Waals surface area (Å²) in [6.07, 6.45) is 4.51. The molecule has 0 radical (unpaired) electrons. The van der Waals surface area contributed by atoms with Gasteiger partial charge in [0, 0.05) is 0 Å². The Labute approximate surface area is 120 Å². The van der Waals surface area contributed by atoms with Crippen LogP contribution >= 0.6 is 0 Å². The summed E-state index contributed by atoms with van der Waals surface area (Å²) < 4.78 is 27.1. The molecule has 1 aromatic rings. The summed E-state index contributed by atoms with van der Waals surface area (Å²) in [4.78, 5) is 4.17. The number of rotatable bonds is 3. The molecule has 108 valence electrons. The fourth-order valence-corrected chi connectivity index (χ4v) is 3.83. The lowest BCUT2D eigenvalue weighted by Crippen LogP contribution is -2.30. The second-order valence-electron chi connectivity index (χ2n) is 4.82. The molecule has 1 aliphatic rings. The number of pyridine rings is 1. The zero-order valence-electron chi connectivity index (χ0n) is 11.3. The Morgan fingerprint density at radius 1 is 1.30 bits per heavy atom. The molecule has 1 fully saturated rings. The van der Waals surface area contributed by atoms with E-state index in [1.807, 2.05) is 0 Å². The van der Waals surface area contributed by atoms with Crippen LogP contribution in [-0.4, -0.2) is 25.2 Å². The first-order valence-corrected chi connectivity index (χ1v) is 8.34. The van der Waals surface area contributed by atoms with Crippen LogP contribution in [0.15, 0.2) is 18.2 Å². The maximum absolute atomic E-state index is 12.3. The summed E-state index contributed by atoms with van der Waals surface area (Å²) in [6.45, 7) is 0.250. The van der Waals surface area contributed by atoms with Crippen molar-refractivity contribution in [3.63, 3.8) is 0 Å². The standard InChI is InChI=1S/C14H19N3O2S/c15-11-5-7-12-6-4-10-14(16-12)17-20(18,19)13-8-2-1-3-9-13/h4,6,10,13H,1-3,8-9,11,15H2,(H,16,17). The van der Waals surface area contributed by atoms with Crippen LogP contribution in [0.5, 0.6) is 0 Å². The van der Waals surface area contributed by atoms with Crippen LogP contribution in [0.2, 0.25) is 0 Å². The van der Waals surface area contributed by atoms with Gasteiger partial charge in [0.1, 0.15) is 11.5 Å². The first kappa shape index (κ1) is 14.8. The van der Waals surface area contributed by atoms with Crippen LogP contribution in [0.4, 0.5) is 5.82 Å². The molecule has 0 amide bonds. The van der Waals surface area contributed by atoms with Gasteiger partial charge in [-0.1, -0.05) is 31.2 Å². The van der Waals surface area contributed by atoms with Gasteiger partial charge in [0.05, 0.1) is 11.8 Å². The van der Waals surface area contributed by atoms with Crippen LogP contribution in [0.25, 0.3) is 0 Å². The van der Waals surface area contributed by atoms with E-state index in [1.165, 1.54) is 0 Å². The van der Waals surface area contributed by atoms with Crippen LogP contribution < -0.4 is 10.5 Å². The molecule has 1 saturated carbocycles. The number of nitrogens with two attached hydrogens (primary N) is 1. The third-order valence-corrected chi connectivity index (χ3v) is 5.15. The third-order valence-electron chi connectivity index (χ3n) is 3.31. The lowest BCUT2D eigenvalue weighted by Gasteiger charge is -2.22. The van der Waals surface area contributed by atoms with Gasteiger partial charge >= 0.3 is 0 Å². The SMILES string of the molecule is NCC#Cc1cccc(NS(=O)(=O)C2CCCCC2)n1. The minimum absolute atomic E-state index is 0.250. The van der Waals surface area contributed by atoms with Crippen LogP contribution in [0.1, 0.15) is 37.8 Å². The highest BCUT2D eigenvalue weighted by Crippen LogP contribution is 2.24. The predicted octanol–water partition coefficient (Wildman–Crippen LogP) is 1.47. The molecule has 2 rings (SSSR count). The molecule has 5 nitrogen and oxygen atoms in total. The van der Waals surface area contributed by atoms with Crippen LogP contribution in [0.3, 0.4) is 0 Å². The number of anilines is 1. The highest BCUT2D eigenvalue weighted by atomic mass is 32.2. The van der Waals surface area contributed by atoms with Gasteiger partial charge in [0.15, 0.2) is 0 Å². The van der Waals surface area contributed by atoms with Gasteiger partial charge in [0.2, 0.25) is 10.0 Å². The van der Waals surface area contributed by atoms with E-state index < -0.39 is 10.0 Å². The molecule has 0 spiro atoms. The molecule has 20 heavy (non-hydrogen) atoms. The molecule has 0 saturated heterocycles. The van der Waals surface area contributed by atoms with E-state index in [9.17, 15) is 8.42 Å². The van der Waals surface area contributed by atoms with Crippen molar-refractivity contribution in [3.05, 3.63) is 23.9 Å². The molecule has 3 N–H and O–H groups in total. The summed E-state index contributed by atoms with van der Waals surface area (Å²) in [6, 6.07) is 5.08. The number of sulfonamides is 1. The number of aromatic nitrogens is 1. The van der Waals surface area contributed by atoms with E-state index in [0.717, 1.165) is 32.1 Å². The summed E-state index contributed by atoms with van der Waals surface area (Å²) in [7, 11) is -3.36. The van der Waals surface area contributed by atoms with Gasteiger partial charge in [-0.15, -0.1) is 0 Å². The summed E-state index contributed by atoms with van der Waals surface area (Å²) in [5, 5.41) is -0.308. The van der Waals surface area contributed by atoms with Crippen molar-refractivity contribution in [3.8, 4) is 11.8 Å². The zero-order chi connectivity index (χ0) is 14.4. The Balaban J connectivity index is 2.12. The van der Waals surface area contributed by atoms with E-state index in [2.05, 4.69) is 21.5 Å². The van der Waals surface area contributed by atoms with Crippen molar-refractivity contribution >= 4 is 15.8 Å². The topological polar surface area (TPSA) is 85.1 Å². The first-order valence-electron chi connectivity index (χ1n) is 6.79. The average molecular weight is 293 g/mol. The van der Waals surface area contributed by atoms with Crippen molar-refractivity contribution in [2.45, 2.75) is 37.4 Å². The second kappa shape index (κ2) is 6.73. The van der Waals surface area contributed by atoms with Crippen molar-refractivity contribution in [1.82, 2.24) is 4.98 Å². The van der Waals surface area contributed by atoms with Crippen LogP contribution in [-0.2, 0) is 10.0 Å². The summed E-state index contributed by atoms with van der Waals surface area (Å²) in [5.41, 5.74) is 5.81. The highest BCUT2D eigenvalue weighted by molar-refractivity contribution is 7.93. The molecule has 6 heteroatoms. The van der Waals surface area contributed by atoms with E-state index in [-0.39, 0.29) is 11.8 Å². The quantitative estimate of drug-likeness (QED) is 0.826. The van der Waals surface area contributed by atoms with Gasteiger partial charge in [-0.05, 0) is 30.9 Å². The maximum atomic E-state index is 12.3. The zero-order valence-corrected chi connectivity index (χ0v) is 12.1.